The maximum Gasteiger partial charge on any atom is 0.151 e. The van der Waals surface area contributed by atoms with Crippen LogP contribution in [0.25, 0.3) is 0 Å². The van der Waals surface area contributed by atoms with Gasteiger partial charge in [-0.3, -0.25) is 10.3 Å². The van der Waals surface area contributed by atoms with E-state index in [0.29, 0.717) is 29.6 Å². The number of hydrazine groups is 1. The SMILES string of the molecule is CC1(OC2CCC3NNC(c4cc(N5CCN(C6CCS(=O)(=O)C6)CC5)ncn4)C3C2)CC1. The maximum absolute atomic E-state index is 11.9. The first kappa shape index (κ1) is 22.2. The predicted octanol–water partition coefficient (Wildman–Crippen LogP) is 1.04. The normalized spacial score (nSPS) is 37.7. The molecule has 5 unspecified atom stereocenters. The van der Waals surface area contributed by atoms with Gasteiger partial charge in [0.2, 0.25) is 0 Å². The lowest BCUT2D eigenvalue weighted by Crippen LogP contribution is -2.51. The van der Waals surface area contributed by atoms with Crippen LogP contribution in [0.5, 0.6) is 0 Å². The molecule has 0 amide bonds. The van der Waals surface area contributed by atoms with Crippen LogP contribution in [0.4, 0.5) is 5.82 Å². The van der Waals surface area contributed by atoms with Crippen molar-refractivity contribution in [1.29, 1.82) is 0 Å². The largest absolute Gasteiger partial charge is 0.372 e. The van der Waals surface area contributed by atoms with E-state index in [0.717, 1.165) is 63.4 Å². The Kier molecular flexibility index (Phi) is 5.64. The molecule has 0 aromatic carbocycles. The lowest BCUT2D eigenvalue weighted by molar-refractivity contribution is -0.0500. The molecule has 1 aromatic heterocycles. The van der Waals surface area contributed by atoms with E-state index >= 15 is 0 Å². The van der Waals surface area contributed by atoms with Gasteiger partial charge in [0, 0.05) is 50.2 Å². The Morgan fingerprint density at radius 3 is 2.64 bits per heavy atom. The van der Waals surface area contributed by atoms with Gasteiger partial charge in [0.1, 0.15) is 12.1 Å². The molecule has 5 fully saturated rings. The van der Waals surface area contributed by atoms with Gasteiger partial charge in [-0.25, -0.2) is 23.8 Å². The van der Waals surface area contributed by atoms with E-state index in [1.807, 2.05) is 0 Å². The monoisotopic (exact) mass is 476 g/mol. The number of nitrogens with one attached hydrogen (secondary N) is 2. The first-order chi connectivity index (χ1) is 15.9. The minimum Gasteiger partial charge on any atom is -0.372 e. The molecular weight excluding hydrogens is 440 g/mol. The predicted molar refractivity (Wildman–Crippen MR) is 126 cm³/mol. The molecule has 1 aromatic rings. The second-order valence-corrected chi connectivity index (χ2v) is 13.1. The van der Waals surface area contributed by atoms with E-state index < -0.39 is 9.84 Å². The summed E-state index contributed by atoms with van der Waals surface area (Å²) in [6.07, 6.45) is 8.51. The summed E-state index contributed by atoms with van der Waals surface area (Å²) in [6.45, 7) is 5.73. The molecule has 0 spiro atoms. The van der Waals surface area contributed by atoms with Crippen LogP contribution in [-0.2, 0) is 14.6 Å². The second kappa shape index (κ2) is 8.41. The summed E-state index contributed by atoms with van der Waals surface area (Å²) in [4.78, 5) is 13.9. The third kappa shape index (κ3) is 4.65. The zero-order valence-electron chi connectivity index (χ0n) is 19.4. The Bertz CT molecular complexity index is 978. The third-order valence-corrected chi connectivity index (χ3v) is 10.2. The van der Waals surface area contributed by atoms with Crippen LogP contribution in [-0.4, -0.2) is 84.8 Å². The van der Waals surface area contributed by atoms with E-state index in [1.54, 1.807) is 6.33 Å². The van der Waals surface area contributed by atoms with Gasteiger partial charge >= 0.3 is 0 Å². The van der Waals surface area contributed by atoms with Crippen LogP contribution in [0, 0.1) is 5.92 Å². The van der Waals surface area contributed by atoms with Gasteiger partial charge in [-0.05, 0) is 45.4 Å². The molecule has 3 aliphatic heterocycles. The number of aromatic nitrogens is 2. The minimum absolute atomic E-state index is 0.124. The van der Waals surface area contributed by atoms with Crippen molar-refractivity contribution in [3.63, 3.8) is 0 Å². The first-order valence-electron chi connectivity index (χ1n) is 12.6. The highest BCUT2D eigenvalue weighted by Crippen LogP contribution is 2.45. The van der Waals surface area contributed by atoms with Crippen LogP contribution in [0.3, 0.4) is 0 Å². The number of rotatable bonds is 5. The molecule has 2 aliphatic carbocycles. The van der Waals surface area contributed by atoms with Gasteiger partial charge in [0.25, 0.3) is 0 Å². The highest BCUT2D eigenvalue weighted by atomic mass is 32.2. The van der Waals surface area contributed by atoms with Crippen molar-refractivity contribution in [3.8, 4) is 0 Å². The van der Waals surface area contributed by atoms with Gasteiger partial charge < -0.3 is 9.64 Å². The van der Waals surface area contributed by atoms with Crippen molar-refractivity contribution in [2.75, 3.05) is 42.6 Å². The van der Waals surface area contributed by atoms with Crippen molar-refractivity contribution < 1.29 is 13.2 Å². The number of piperazine rings is 1. The summed E-state index contributed by atoms with van der Waals surface area (Å²) in [7, 11) is -2.84. The first-order valence-corrected chi connectivity index (χ1v) is 14.4. The average molecular weight is 477 g/mol. The van der Waals surface area contributed by atoms with E-state index in [1.165, 1.54) is 12.8 Å². The van der Waals surface area contributed by atoms with Crippen molar-refractivity contribution in [2.24, 2.45) is 5.92 Å². The van der Waals surface area contributed by atoms with E-state index in [9.17, 15) is 8.42 Å². The van der Waals surface area contributed by atoms with E-state index in [2.05, 4.69) is 43.6 Å². The summed E-state index contributed by atoms with van der Waals surface area (Å²) >= 11 is 0. The summed E-state index contributed by atoms with van der Waals surface area (Å²) in [5.41, 5.74) is 8.20. The molecule has 9 nitrogen and oxygen atoms in total. The van der Waals surface area contributed by atoms with Crippen LogP contribution >= 0.6 is 0 Å². The van der Waals surface area contributed by atoms with Crippen LogP contribution in [0.15, 0.2) is 12.4 Å². The summed E-state index contributed by atoms with van der Waals surface area (Å²) < 4.78 is 30.1. The Balaban J connectivity index is 1.10. The lowest BCUT2D eigenvalue weighted by atomic mass is 9.79. The fraction of sp³-hybridized carbons (Fsp3) is 0.826. The molecule has 2 N–H and O–H groups in total. The highest BCUT2D eigenvalue weighted by molar-refractivity contribution is 7.91. The number of sulfone groups is 1. The third-order valence-electron chi connectivity index (χ3n) is 8.46. The summed E-state index contributed by atoms with van der Waals surface area (Å²) in [5, 5.41) is 0. The number of hydrogen-bond donors (Lipinski definition) is 2. The Labute approximate surface area is 196 Å². The number of fused-ring (bicyclic) bond motifs is 1. The standard InChI is InChI=1S/C23H36N6O3S/c1-23(5-6-23)32-17-2-3-19-18(12-17)22(27-26-19)20-13-21(25-15-24-20)29-9-7-28(8-10-29)16-4-11-33(30,31)14-16/h13,15-19,22,26-27H,2-12,14H2,1H3. The smallest absolute Gasteiger partial charge is 0.151 e. The molecule has 0 bridgehead atoms. The molecule has 3 saturated heterocycles. The molecule has 182 valence electrons. The fourth-order valence-corrected chi connectivity index (χ4v) is 7.96. The van der Waals surface area contributed by atoms with E-state index in [4.69, 9.17) is 4.74 Å². The van der Waals surface area contributed by atoms with Crippen LogP contribution in [0.1, 0.15) is 57.2 Å². The van der Waals surface area contributed by atoms with Crippen molar-refractivity contribution in [2.45, 2.75) is 75.3 Å². The number of ether oxygens (including phenoxy) is 1. The lowest BCUT2D eigenvalue weighted by Gasteiger charge is -2.38. The molecule has 5 atom stereocenters. The summed E-state index contributed by atoms with van der Waals surface area (Å²) in [6, 6.07) is 2.96. The zero-order valence-corrected chi connectivity index (χ0v) is 20.3. The van der Waals surface area contributed by atoms with Crippen LogP contribution in [0.2, 0.25) is 0 Å². The summed E-state index contributed by atoms with van der Waals surface area (Å²) in [5.74, 6) is 2.09. The van der Waals surface area contributed by atoms with Gasteiger partial charge in [-0.1, -0.05) is 0 Å². The number of nitrogens with zero attached hydrogens (tertiary/aromatic N) is 4. The quantitative estimate of drug-likeness (QED) is 0.646. The van der Waals surface area contributed by atoms with Crippen molar-refractivity contribution in [1.82, 2.24) is 25.7 Å². The Morgan fingerprint density at radius 1 is 1.09 bits per heavy atom. The van der Waals surface area contributed by atoms with Gasteiger partial charge in [-0.15, -0.1) is 0 Å². The molecule has 33 heavy (non-hydrogen) atoms. The Hall–Kier alpha value is -1.33. The average Bonchev–Trinajstić information content (AvgIpc) is 3.22. The molecule has 6 rings (SSSR count). The van der Waals surface area contributed by atoms with Gasteiger partial charge in [0.15, 0.2) is 9.84 Å². The molecule has 4 heterocycles. The van der Waals surface area contributed by atoms with Crippen molar-refractivity contribution >= 4 is 15.7 Å². The highest BCUT2D eigenvalue weighted by Gasteiger charge is 2.46. The molecule has 5 aliphatic rings. The minimum atomic E-state index is -2.84. The number of hydrogen-bond acceptors (Lipinski definition) is 9. The van der Waals surface area contributed by atoms with E-state index in [-0.39, 0.29) is 17.7 Å². The van der Waals surface area contributed by atoms with Crippen molar-refractivity contribution in [3.05, 3.63) is 18.1 Å². The topological polar surface area (TPSA) is 99.7 Å². The molecule has 2 saturated carbocycles. The van der Waals surface area contributed by atoms with Gasteiger partial charge in [-0.2, -0.15) is 0 Å². The van der Waals surface area contributed by atoms with Crippen LogP contribution < -0.4 is 15.8 Å². The molecular formula is C23H36N6O3S. The second-order valence-electron chi connectivity index (χ2n) is 10.9. The Morgan fingerprint density at radius 2 is 1.91 bits per heavy atom. The van der Waals surface area contributed by atoms with Gasteiger partial charge in [0.05, 0.1) is 34.9 Å². The fourth-order valence-electron chi connectivity index (χ4n) is 6.20. The molecule has 0 radical (unpaired) electrons. The number of anilines is 1. The maximum atomic E-state index is 11.9. The molecule has 10 heteroatoms. The zero-order chi connectivity index (χ0) is 22.6.